The highest BCUT2D eigenvalue weighted by Gasteiger charge is 2.46. The lowest BCUT2D eigenvalue weighted by atomic mass is 9.94. The van der Waals surface area contributed by atoms with Crippen LogP contribution in [0.15, 0.2) is 48.0 Å². The number of amides is 1. The average molecular weight is 455 g/mol. The molecule has 1 atom stereocenters. The molecule has 0 aliphatic carbocycles. The number of nitrogens with zero attached hydrogens (tertiary/aromatic N) is 2. The molecule has 1 amide bonds. The van der Waals surface area contributed by atoms with Gasteiger partial charge >= 0.3 is 0 Å². The summed E-state index contributed by atoms with van der Waals surface area (Å²) in [7, 11) is 5.20. The fourth-order valence-corrected chi connectivity index (χ4v) is 3.78. The predicted octanol–water partition coefficient (Wildman–Crippen LogP) is 3.17. The van der Waals surface area contributed by atoms with E-state index in [1.165, 1.54) is 24.1 Å². The van der Waals surface area contributed by atoms with Gasteiger partial charge in [-0.2, -0.15) is 0 Å². The van der Waals surface area contributed by atoms with Gasteiger partial charge in [-0.15, -0.1) is 0 Å². The second kappa shape index (κ2) is 9.95. The Morgan fingerprint density at radius 1 is 1.12 bits per heavy atom. The number of likely N-dealkylation sites (tertiary alicyclic amines) is 1. The molecule has 1 aliphatic rings. The van der Waals surface area contributed by atoms with Crippen molar-refractivity contribution in [2.75, 3.05) is 34.3 Å². The zero-order chi connectivity index (χ0) is 24.3. The van der Waals surface area contributed by atoms with Crippen molar-refractivity contribution in [3.05, 3.63) is 59.2 Å². The lowest BCUT2D eigenvalue weighted by Crippen LogP contribution is -2.35. The molecule has 1 saturated heterocycles. The molecule has 8 heteroatoms. The van der Waals surface area contributed by atoms with Gasteiger partial charge in [-0.1, -0.05) is 12.1 Å². The summed E-state index contributed by atoms with van der Waals surface area (Å²) in [5.74, 6) is -1.23. The van der Waals surface area contributed by atoms with E-state index in [-0.39, 0.29) is 29.5 Å². The van der Waals surface area contributed by atoms with Gasteiger partial charge in [-0.3, -0.25) is 9.59 Å². The summed E-state index contributed by atoms with van der Waals surface area (Å²) in [4.78, 5) is 29.4. The van der Waals surface area contributed by atoms with Crippen molar-refractivity contribution >= 4 is 17.4 Å². The molecule has 33 heavy (non-hydrogen) atoms. The Morgan fingerprint density at radius 2 is 1.85 bits per heavy atom. The number of aliphatic hydroxyl groups excluding tert-OH is 1. The third kappa shape index (κ3) is 5.12. The normalized spacial score (nSPS) is 17.8. The minimum absolute atomic E-state index is 0.0426. The lowest BCUT2D eigenvalue weighted by Gasteiger charge is -2.27. The highest BCUT2D eigenvalue weighted by Crippen LogP contribution is 2.41. The van der Waals surface area contributed by atoms with Crippen molar-refractivity contribution in [2.24, 2.45) is 0 Å². The van der Waals surface area contributed by atoms with E-state index in [0.717, 1.165) is 0 Å². The van der Waals surface area contributed by atoms with Gasteiger partial charge in [0.15, 0.2) is 0 Å². The Kier molecular flexibility index (Phi) is 7.28. The second-order valence-corrected chi connectivity index (χ2v) is 8.42. The summed E-state index contributed by atoms with van der Waals surface area (Å²) in [6.07, 6.45) is -0.0587. The van der Waals surface area contributed by atoms with Crippen LogP contribution in [0, 0.1) is 0 Å². The van der Waals surface area contributed by atoms with E-state index in [9.17, 15) is 19.8 Å². The number of hydrogen-bond acceptors (Lipinski definition) is 7. The largest absolute Gasteiger partial charge is 0.507 e. The molecule has 176 valence electrons. The Bertz CT molecular complexity index is 1080. The number of ketones is 1. The molecule has 0 radical (unpaired) electrons. The van der Waals surface area contributed by atoms with Gasteiger partial charge in [0, 0.05) is 19.2 Å². The molecule has 0 aromatic heterocycles. The van der Waals surface area contributed by atoms with E-state index < -0.39 is 23.5 Å². The molecule has 0 bridgehead atoms. The van der Waals surface area contributed by atoms with Gasteiger partial charge < -0.3 is 29.5 Å². The molecule has 0 saturated carbocycles. The molecule has 1 heterocycles. The predicted molar refractivity (Wildman–Crippen MR) is 124 cm³/mol. The molecule has 1 unspecified atom stereocenters. The number of likely N-dealkylation sites (N-methyl/N-ethyl adjacent to an activating group) is 1. The van der Waals surface area contributed by atoms with E-state index in [1.54, 1.807) is 30.3 Å². The zero-order valence-electron chi connectivity index (χ0n) is 19.5. The SMILES string of the molecule is COc1ccc(/C(O)=C2\C(=O)C(=O)N(CCN(C)C)C2c2cccc(OC(C)C)c2)c(O)c1. The Hall–Kier alpha value is -3.52. The molecular formula is C25H30N2O6. The first kappa shape index (κ1) is 24.1. The standard InChI is InChI=1S/C25H30N2O6/c1-15(2)33-18-8-6-7-16(13-18)22-21(24(30)25(31)27(22)12-11-26(3)4)23(29)19-10-9-17(32-5)14-20(19)28/h6-10,13-15,22,28-29H,11-12H2,1-5H3/b23-21+. The number of aromatic hydroxyl groups is 1. The van der Waals surface area contributed by atoms with Crippen molar-refractivity contribution in [3.8, 4) is 17.2 Å². The molecule has 1 fully saturated rings. The summed E-state index contributed by atoms with van der Waals surface area (Å²) >= 11 is 0. The van der Waals surface area contributed by atoms with Gasteiger partial charge in [0.05, 0.1) is 30.4 Å². The number of Topliss-reactive ketones (excluding diaryl/α,β-unsaturated/α-hetero) is 1. The van der Waals surface area contributed by atoms with E-state index >= 15 is 0 Å². The van der Waals surface area contributed by atoms with Crippen LogP contribution >= 0.6 is 0 Å². The summed E-state index contributed by atoms with van der Waals surface area (Å²) < 4.78 is 10.9. The number of carbonyl (C=O) groups excluding carboxylic acids is 2. The number of benzene rings is 2. The average Bonchev–Trinajstić information content (AvgIpc) is 3.01. The number of methoxy groups -OCH3 is 1. The summed E-state index contributed by atoms with van der Waals surface area (Å²) in [5, 5.41) is 21.6. The number of carbonyl (C=O) groups is 2. The maximum Gasteiger partial charge on any atom is 0.295 e. The molecule has 1 aliphatic heterocycles. The van der Waals surface area contributed by atoms with Crippen LogP contribution in [0.1, 0.15) is 31.0 Å². The van der Waals surface area contributed by atoms with Gasteiger partial charge in [-0.05, 0) is 57.8 Å². The van der Waals surface area contributed by atoms with Crippen LogP contribution < -0.4 is 9.47 Å². The Balaban J connectivity index is 2.17. The number of rotatable bonds is 8. The first-order chi connectivity index (χ1) is 15.6. The minimum atomic E-state index is -0.831. The number of ether oxygens (including phenoxy) is 2. The first-order valence-corrected chi connectivity index (χ1v) is 10.7. The molecule has 2 aromatic rings. The van der Waals surface area contributed by atoms with Crippen molar-refractivity contribution in [1.29, 1.82) is 0 Å². The quantitative estimate of drug-likeness (QED) is 0.359. The lowest BCUT2D eigenvalue weighted by molar-refractivity contribution is -0.140. The number of phenolic OH excluding ortho intramolecular Hbond substituents is 1. The van der Waals surface area contributed by atoms with Crippen LogP contribution in [-0.4, -0.2) is 72.1 Å². The van der Waals surface area contributed by atoms with Crippen LogP contribution in [-0.2, 0) is 9.59 Å². The Morgan fingerprint density at radius 3 is 2.45 bits per heavy atom. The van der Waals surface area contributed by atoms with Gasteiger partial charge in [-0.25, -0.2) is 0 Å². The van der Waals surface area contributed by atoms with Crippen LogP contribution in [0.5, 0.6) is 17.2 Å². The van der Waals surface area contributed by atoms with Gasteiger partial charge in [0.1, 0.15) is 23.0 Å². The maximum atomic E-state index is 13.1. The number of phenols is 1. The molecule has 3 rings (SSSR count). The monoisotopic (exact) mass is 454 g/mol. The Labute approximate surface area is 193 Å². The maximum absolute atomic E-state index is 13.1. The third-order valence-electron chi connectivity index (χ3n) is 5.33. The molecule has 8 nitrogen and oxygen atoms in total. The van der Waals surface area contributed by atoms with Crippen LogP contribution in [0.25, 0.3) is 5.76 Å². The van der Waals surface area contributed by atoms with E-state index in [0.29, 0.717) is 23.6 Å². The zero-order valence-corrected chi connectivity index (χ0v) is 19.5. The summed E-state index contributed by atoms with van der Waals surface area (Å²) in [6.45, 7) is 4.62. The third-order valence-corrected chi connectivity index (χ3v) is 5.33. The highest BCUT2D eigenvalue weighted by atomic mass is 16.5. The number of aliphatic hydroxyl groups is 1. The van der Waals surface area contributed by atoms with Crippen LogP contribution in [0.3, 0.4) is 0 Å². The summed E-state index contributed by atoms with van der Waals surface area (Å²) in [5.41, 5.74) is 0.586. The second-order valence-electron chi connectivity index (χ2n) is 8.42. The fraction of sp³-hybridized carbons (Fsp3) is 0.360. The van der Waals surface area contributed by atoms with Crippen molar-refractivity contribution < 1.29 is 29.3 Å². The summed E-state index contributed by atoms with van der Waals surface area (Å²) in [6, 6.07) is 10.6. The van der Waals surface area contributed by atoms with Crippen molar-refractivity contribution in [1.82, 2.24) is 9.80 Å². The topological polar surface area (TPSA) is 99.5 Å². The smallest absolute Gasteiger partial charge is 0.295 e. The minimum Gasteiger partial charge on any atom is -0.507 e. The fourth-order valence-electron chi connectivity index (χ4n) is 3.78. The first-order valence-electron chi connectivity index (χ1n) is 10.7. The molecular weight excluding hydrogens is 424 g/mol. The van der Waals surface area contributed by atoms with E-state index in [4.69, 9.17) is 9.47 Å². The molecule has 0 spiro atoms. The van der Waals surface area contributed by atoms with Crippen molar-refractivity contribution in [3.63, 3.8) is 0 Å². The van der Waals surface area contributed by atoms with E-state index in [1.807, 2.05) is 32.8 Å². The van der Waals surface area contributed by atoms with Crippen LogP contribution in [0.4, 0.5) is 0 Å². The molecule has 2 N–H and O–H groups in total. The van der Waals surface area contributed by atoms with E-state index in [2.05, 4.69) is 0 Å². The highest BCUT2D eigenvalue weighted by molar-refractivity contribution is 6.46. The number of hydrogen-bond donors (Lipinski definition) is 2. The molecule has 2 aromatic carbocycles. The van der Waals surface area contributed by atoms with Crippen molar-refractivity contribution in [2.45, 2.75) is 26.0 Å². The van der Waals surface area contributed by atoms with Crippen LogP contribution in [0.2, 0.25) is 0 Å². The van der Waals surface area contributed by atoms with Gasteiger partial charge in [0.2, 0.25) is 0 Å². The van der Waals surface area contributed by atoms with Gasteiger partial charge in [0.25, 0.3) is 11.7 Å².